The Hall–Kier alpha value is -1.65. The third kappa shape index (κ3) is 3.19. The summed E-state index contributed by atoms with van der Waals surface area (Å²) in [5.41, 5.74) is 0.0232. The molecule has 5 heteroatoms. The van der Waals surface area contributed by atoms with Crippen LogP contribution in [0.3, 0.4) is 0 Å². The Morgan fingerprint density at radius 3 is 2.53 bits per heavy atom. The van der Waals surface area contributed by atoms with Crippen molar-refractivity contribution in [2.45, 2.75) is 19.3 Å². The minimum absolute atomic E-state index is 0.0232. The minimum Gasteiger partial charge on any atom is -0.292 e. The van der Waals surface area contributed by atoms with Gasteiger partial charge in [-0.15, -0.1) is 0 Å². The number of aromatic nitrogens is 1. The third-order valence-corrected chi connectivity index (χ3v) is 1.76. The first-order valence-electron chi connectivity index (χ1n) is 4.26. The lowest BCUT2D eigenvalue weighted by atomic mass is 10.1. The van der Waals surface area contributed by atoms with Crippen LogP contribution >= 0.6 is 0 Å². The number of carbonyl (C=O) groups is 2. The standard InChI is InChI=1S/C10H9F2NO2/c1-10(11,12)9(15)6-8(14)7-4-2-3-5-13-7/h2-5H,6H2,1H3. The van der Waals surface area contributed by atoms with Gasteiger partial charge < -0.3 is 0 Å². The fourth-order valence-corrected chi connectivity index (χ4v) is 0.919. The minimum atomic E-state index is -3.47. The number of nitrogens with zero attached hydrogens (tertiary/aromatic N) is 1. The molecule has 0 aliphatic rings. The molecule has 0 atom stereocenters. The topological polar surface area (TPSA) is 47.0 Å². The number of halogens is 2. The van der Waals surface area contributed by atoms with Gasteiger partial charge in [-0.25, -0.2) is 0 Å². The zero-order chi connectivity index (χ0) is 11.5. The highest BCUT2D eigenvalue weighted by atomic mass is 19.3. The lowest BCUT2D eigenvalue weighted by Crippen LogP contribution is -2.26. The summed E-state index contributed by atoms with van der Waals surface area (Å²) in [7, 11) is 0. The van der Waals surface area contributed by atoms with E-state index in [1.54, 1.807) is 12.1 Å². The summed E-state index contributed by atoms with van der Waals surface area (Å²) >= 11 is 0. The van der Waals surface area contributed by atoms with Crippen LogP contribution in [-0.4, -0.2) is 22.5 Å². The number of hydrogen-bond acceptors (Lipinski definition) is 3. The molecule has 0 amide bonds. The smallest absolute Gasteiger partial charge is 0.292 e. The molecule has 0 aliphatic heterocycles. The summed E-state index contributed by atoms with van der Waals surface area (Å²) in [6, 6.07) is 4.52. The van der Waals surface area contributed by atoms with E-state index < -0.39 is 23.9 Å². The molecule has 0 saturated carbocycles. The Morgan fingerprint density at radius 2 is 2.07 bits per heavy atom. The predicted octanol–water partition coefficient (Wildman–Crippen LogP) is 1.88. The molecule has 0 N–H and O–H groups in total. The van der Waals surface area contributed by atoms with E-state index in [9.17, 15) is 18.4 Å². The van der Waals surface area contributed by atoms with Crippen molar-refractivity contribution in [1.82, 2.24) is 4.98 Å². The van der Waals surface area contributed by atoms with Gasteiger partial charge in [0, 0.05) is 13.1 Å². The molecule has 1 aromatic heterocycles. The van der Waals surface area contributed by atoms with Crippen LogP contribution in [0.2, 0.25) is 0 Å². The van der Waals surface area contributed by atoms with Crippen LogP contribution in [0.15, 0.2) is 24.4 Å². The van der Waals surface area contributed by atoms with Crippen LogP contribution in [0.4, 0.5) is 8.78 Å². The maximum absolute atomic E-state index is 12.5. The van der Waals surface area contributed by atoms with Crippen LogP contribution in [0.25, 0.3) is 0 Å². The Bertz CT molecular complexity index is 371. The van der Waals surface area contributed by atoms with Crippen molar-refractivity contribution < 1.29 is 18.4 Å². The molecule has 0 aliphatic carbocycles. The van der Waals surface area contributed by atoms with Gasteiger partial charge in [0.2, 0.25) is 5.78 Å². The highest BCUT2D eigenvalue weighted by molar-refractivity contribution is 6.08. The van der Waals surface area contributed by atoms with E-state index in [4.69, 9.17) is 0 Å². The summed E-state index contributed by atoms with van der Waals surface area (Å²) in [6.07, 6.45) is 0.544. The van der Waals surface area contributed by atoms with Crippen molar-refractivity contribution >= 4 is 11.6 Å². The quantitative estimate of drug-likeness (QED) is 0.566. The molecule has 80 valence electrons. The van der Waals surface area contributed by atoms with Crippen LogP contribution in [0, 0.1) is 0 Å². The molecule has 1 rings (SSSR count). The van der Waals surface area contributed by atoms with E-state index in [1.165, 1.54) is 12.3 Å². The first-order chi connectivity index (χ1) is 6.91. The zero-order valence-corrected chi connectivity index (χ0v) is 8.04. The molecule has 1 heterocycles. The zero-order valence-electron chi connectivity index (χ0n) is 8.04. The normalized spacial score (nSPS) is 11.1. The second kappa shape index (κ2) is 4.25. The average Bonchev–Trinajstić information content (AvgIpc) is 2.17. The van der Waals surface area contributed by atoms with E-state index in [0.29, 0.717) is 6.92 Å². The van der Waals surface area contributed by atoms with Gasteiger partial charge in [-0.3, -0.25) is 14.6 Å². The summed E-state index contributed by atoms with van der Waals surface area (Å²) in [5.74, 6) is -5.55. The first-order valence-corrected chi connectivity index (χ1v) is 4.26. The number of rotatable bonds is 4. The number of hydrogen-bond donors (Lipinski definition) is 0. The van der Waals surface area contributed by atoms with E-state index in [0.717, 1.165) is 0 Å². The van der Waals surface area contributed by atoms with Gasteiger partial charge in [0.15, 0.2) is 5.78 Å². The Kier molecular flexibility index (Phi) is 3.24. The lowest BCUT2D eigenvalue weighted by Gasteiger charge is -2.07. The largest absolute Gasteiger partial charge is 0.303 e. The summed E-state index contributed by atoms with van der Waals surface area (Å²) < 4.78 is 24.9. The van der Waals surface area contributed by atoms with Gasteiger partial charge in [0.05, 0.1) is 6.42 Å². The maximum atomic E-state index is 12.5. The van der Waals surface area contributed by atoms with Crippen LogP contribution in [0.1, 0.15) is 23.8 Å². The fourth-order valence-electron chi connectivity index (χ4n) is 0.919. The summed E-state index contributed by atoms with van der Waals surface area (Å²) in [5, 5.41) is 0. The second-order valence-electron chi connectivity index (χ2n) is 3.13. The molecule has 0 saturated heterocycles. The van der Waals surface area contributed by atoms with Gasteiger partial charge in [0.1, 0.15) is 5.69 Å². The molecule has 0 radical (unpaired) electrons. The number of alkyl halides is 2. The number of pyridine rings is 1. The van der Waals surface area contributed by atoms with E-state index >= 15 is 0 Å². The maximum Gasteiger partial charge on any atom is 0.303 e. The summed E-state index contributed by atoms with van der Waals surface area (Å²) in [6.45, 7) is 0.473. The van der Waals surface area contributed by atoms with Gasteiger partial charge in [-0.1, -0.05) is 6.07 Å². The molecule has 0 aromatic carbocycles. The van der Waals surface area contributed by atoms with E-state index in [-0.39, 0.29) is 5.69 Å². The molecule has 0 bridgehead atoms. The molecule has 0 fully saturated rings. The highest BCUT2D eigenvalue weighted by Gasteiger charge is 2.33. The SMILES string of the molecule is CC(F)(F)C(=O)CC(=O)c1ccccn1. The molecular formula is C10H9F2NO2. The third-order valence-electron chi connectivity index (χ3n) is 1.76. The second-order valence-corrected chi connectivity index (χ2v) is 3.13. The van der Waals surface area contributed by atoms with Crippen molar-refractivity contribution in [1.29, 1.82) is 0 Å². The molecule has 3 nitrogen and oxygen atoms in total. The summed E-state index contributed by atoms with van der Waals surface area (Å²) in [4.78, 5) is 25.8. The number of carbonyl (C=O) groups excluding carboxylic acids is 2. The van der Waals surface area contributed by atoms with Gasteiger partial charge >= 0.3 is 5.92 Å². The van der Waals surface area contributed by atoms with Gasteiger partial charge in [-0.2, -0.15) is 8.78 Å². The molecule has 1 aromatic rings. The van der Waals surface area contributed by atoms with Crippen LogP contribution in [-0.2, 0) is 4.79 Å². The van der Waals surface area contributed by atoms with E-state index in [2.05, 4.69) is 4.98 Å². The van der Waals surface area contributed by atoms with E-state index in [1.807, 2.05) is 0 Å². The number of Topliss-reactive ketones (excluding diaryl/α,β-unsaturated/α-hetero) is 2. The lowest BCUT2D eigenvalue weighted by molar-refractivity contribution is -0.139. The molecule has 15 heavy (non-hydrogen) atoms. The first kappa shape index (κ1) is 11.4. The highest BCUT2D eigenvalue weighted by Crippen LogP contribution is 2.16. The number of ketones is 2. The van der Waals surface area contributed by atoms with Gasteiger partial charge in [-0.05, 0) is 12.1 Å². The predicted molar refractivity (Wildman–Crippen MR) is 48.8 cm³/mol. The van der Waals surface area contributed by atoms with Gasteiger partial charge in [0.25, 0.3) is 0 Å². The van der Waals surface area contributed by atoms with Crippen molar-refractivity contribution in [2.75, 3.05) is 0 Å². The molecule has 0 unspecified atom stereocenters. The Morgan fingerprint density at radius 1 is 1.40 bits per heavy atom. The molecule has 0 spiro atoms. The van der Waals surface area contributed by atoms with Crippen LogP contribution < -0.4 is 0 Å². The van der Waals surface area contributed by atoms with Crippen LogP contribution in [0.5, 0.6) is 0 Å². The Balaban J connectivity index is 2.70. The average molecular weight is 213 g/mol. The molecular weight excluding hydrogens is 204 g/mol. The monoisotopic (exact) mass is 213 g/mol. The van der Waals surface area contributed by atoms with Crippen molar-refractivity contribution in [3.63, 3.8) is 0 Å². The fraction of sp³-hybridized carbons (Fsp3) is 0.300. The van der Waals surface area contributed by atoms with Crippen molar-refractivity contribution in [2.24, 2.45) is 0 Å². The van der Waals surface area contributed by atoms with Crippen molar-refractivity contribution in [3.8, 4) is 0 Å². The van der Waals surface area contributed by atoms with Crippen molar-refractivity contribution in [3.05, 3.63) is 30.1 Å². The Labute approximate surface area is 85.1 Å².